The highest BCUT2D eigenvalue weighted by Gasteiger charge is 2.21. The first kappa shape index (κ1) is 13.5. The summed E-state index contributed by atoms with van der Waals surface area (Å²) < 4.78 is 1.18. The third kappa shape index (κ3) is 2.99. The number of likely N-dealkylation sites (tertiary alicyclic amines) is 1. The molecule has 0 aliphatic carbocycles. The van der Waals surface area contributed by atoms with Gasteiger partial charge in [0.25, 0.3) is 0 Å². The van der Waals surface area contributed by atoms with Gasteiger partial charge in [-0.2, -0.15) is 0 Å². The zero-order valence-corrected chi connectivity index (χ0v) is 12.1. The number of nitrogens with zero attached hydrogens (tertiary/aromatic N) is 2. The van der Waals surface area contributed by atoms with Crippen LogP contribution in [0.1, 0.15) is 24.3 Å². The Labute approximate surface area is 122 Å². The molecule has 0 bridgehead atoms. The van der Waals surface area contributed by atoms with E-state index in [1.807, 2.05) is 23.1 Å². The van der Waals surface area contributed by atoms with Gasteiger partial charge in [0.05, 0.1) is 21.3 Å². The lowest BCUT2D eigenvalue weighted by molar-refractivity contribution is -0.133. The van der Waals surface area contributed by atoms with E-state index in [1.165, 1.54) is 4.70 Å². The average Bonchev–Trinajstić information content (AvgIpc) is 2.88. The normalized spacial score (nSPS) is 16.8. The number of aliphatic hydroxyl groups is 1. The molecule has 106 valence electrons. The molecule has 0 spiro atoms. The topological polar surface area (TPSA) is 53.4 Å². The van der Waals surface area contributed by atoms with Crippen molar-refractivity contribution in [3.05, 3.63) is 29.3 Å². The average molecular weight is 290 g/mol. The maximum absolute atomic E-state index is 12.1. The minimum absolute atomic E-state index is 0.177. The molecular weight excluding hydrogens is 272 g/mol. The van der Waals surface area contributed by atoms with Crippen molar-refractivity contribution < 1.29 is 9.90 Å². The lowest BCUT2D eigenvalue weighted by atomic mass is 10.1. The molecule has 1 aromatic carbocycles. The Morgan fingerprint density at radius 2 is 2.10 bits per heavy atom. The van der Waals surface area contributed by atoms with Gasteiger partial charge in [0, 0.05) is 25.9 Å². The fourth-order valence-electron chi connectivity index (χ4n) is 2.51. The summed E-state index contributed by atoms with van der Waals surface area (Å²) in [7, 11) is 0. The van der Waals surface area contributed by atoms with E-state index >= 15 is 0 Å². The highest BCUT2D eigenvalue weighted by Crippen LogP contribution is 2.22. The van der Waals surface area contributed by atoms with Crippen molar-refractivity contribution in [3.63, 3.8) is 0 Å². The smallest absolute Gasteiger partial charge is 0.222 e. The fourth-order valence-corrected chi connectivity index (χ4v) is 3.48. The third-order valence-electron chi connectivity index (χ3n) is 3.71. The maximum Gasteiger partial charge on any atom is 0.222 e. The molecule has 4 nitrogen and oxygen atoms in total. The molecule has 0 saturated carbocycles. The quantitative estimate of drug-likeness (QED) is 0.943. The number of amides is 1. The summed E-state index contributed by atoms with van der Waals surface area (Å²) in [4.78, 5) is 18.5. The van der Waals surface area contributed by atoms with E-state index in [1.54, 1.807) is 11.3 Å². The molecular formula is C15H18N2O2S. The Kier molecular flexibility index (Phi) is 3.98. The van der Waals surface area contributed by atoms with Crippen LogP contribution in [-0.4, -0.2) is 40.1 Å². The zero-order chi connectivity index (χ0) is 13.9. The van der Waals surface area contributed by atoms with Crippen LogP contribution in [0.15, 0.2) is 24.3 Å². The number of para-hydroxylation sites is 1. The van der Waals surface area contributed by atoms with Crippen LogP contribution in [0.3, 0.4) is 0 Å². The summed E-state index contributed by atoms with van der Waals surface area (Å²) in [6.07, 6.45) is 2.38. The van der Waals surface area contributed by atoms with E-state index in [0.717, 1.165) is 10.5 Å². The van der Waals surface area contributed by atoms with Crippen LogP contribution in [0.25, 0.3) is 10.2 Å². The van der Waals surface area contributed by atoms with Crippen molar-refractivity contribution in [1.29, 1.82) is 0 Å². The van der Waals surface area contributed by atoms with Gasteiger partial charge in [0.2, 0.25) is 5.91 Å². The SMILES string of the molecule is O=C(CCc1nc2ccccc2s1)N1CCC(O)CC1. The van der Waals surface area contributed by atoms with E-state index in [9.17, 15) is 9.90 Å². The summed E-state index contributed by atoms with van der Waals surface area (Å²) in [6.45, 7) is 1.36. The largest absolute Gasteiger partial charge is 0.393 e. The Hall–Kier alpha value is -1.46. The molecule has 1 amide bonds. The molecule has 5 heteroatoms. The van der Waals surface area contributed by atoms with Gasteiger partial charge in [-0.05, 0) is 25.0 Å². The standard InChI is InChI=1S/C15H18N2O2S/c18-11-7-9-17(10-8-11)15(19)6-5-14-16-12-3-1-2-4-13(12)20-14/h1-4,11,18H,5-10H2. The van der Waals surface area contributed by atoms with Crippen LogP contribution in [0.5, 0.6) is 0 Å². The Morgan fingerprint density at radius 1 is 1.35 bits per heavy atom. The Bertz CT molecular complexity index is 570. The van der Waals surface area contributed by atoms with Crippen molar-refractivity contribution >= 4 is 27.5 Å². The van der Waals surface area contributed by atoms with Crippen molar-refractivity contribution in [2.45, 2.75) is 31.8 Å². The number of thiazole rings is 1. The Morgan fingerprint density at radius 3 is 2.85 bits per heavy atom. The molecule has 20 heavy (non-hydrogen) atoms. The number of carbonyl (C=O) groups is 1. The lowest BCUT2D eigenvalue weighted by Gasteiger charge is -2.29. The predicted molar refractivity (Wildman–Crippen MR) is 79.8 cm³/mol. The zero-order valence-electron chi connectivity index (χ0n) is 11.3. The lowest BCUT2D eigenvalue weighted by Crippen LogP contribution is -2.40. The summed E-state index contributed by atoms with van der Waals surface area (Å²) in [6, 6.07) is 8.05. The number of aromatic nitrogens is 1. The van der Waals surface area contributed by atoms with E-state index in [4.69, 9.17) is 0 Å². The van der Waals surface area contributed by atoms with Gasteiger partial charge in [0.15, 0.2) is 0 Å². The third-order valence-corrected chi connectivity index (χ3v) is 4.80. The molecule has 0 unspecified atom stereocenters. The highest BCUT2D eigenvalue weighted by atomic mass is 32.1. The minimum atomic E-state index is -0.233. The highest BCUT2D eigenvalue weighted by molar-refractivity contribution is 7.18. The van der Waals surface area contributed by atoms with Gasteiger partial charge < -0.3 is 10.0 Å². The summed E-state index contributed by atoms with van der Waals surface area (Å²) >= 11 is 1.66. The molecule has 0 radical (unpaired) electrons. The van der Waals surface area contributed by atoms with Crippen LogP contribution >= 0.6 is 11.3 Å². The Balaban J connectivity index is 1.57. The van der Waals surface area contributed by atoms with Gasteiger partial charge in [-0.25, -0.2) is 4.98 Å². The van der Waals surface area contributed by atoms with Crippen LogP contribution in [-0.2, 0) is 11.2 Å². The molecule has 1 aliphatic heterocycles. The van der Waals surface area contributed by atoms with E-state index < -0.39 is 0 Å². The second kappa shape index (κ2) is 5.89. The van der Waals surface area contributed by atoms with Gasteiger partial charge in [-0.3, -0.25) is 4.79 Å². The number of benzene rings is 1. The van der Waals surface area contributed by atoms with E-state index in [-0.39, 0.29) is 12.0 Å². The molecule has 2 aromatic rings. The number of aryl methyl sites for hydroxylation is 1. The van der Waals surface area contributed by atoms with Gasteiger partial charge in [-0.1, -0.05) is 12.1 Å². The number of carbonyl (C=O) groups excluding carboxylic acids is 1. The van der Waals surface area contributed by atoms with Crippen LogP contribution in [0.4, 0.5) is 0 Å². The summed E-state index contributed by atoms with van der Waals surface area (Å²) in [5.74, 6) is 0.177. The monoisotopic (exact) mass is 290 g/mol. The van der Waals surface area contributed by atoms with Crippen molar-refractivity contribution in [2.24, 2.45) is 0 Å². The number of hydrogen-bond donors (Lipinski definition) is 1. The summed E-state index contributed by atoms with van der Waals surface area (Å²) in [5.41, 5.74) is 1.01. The second-order valence-electron chi connectivity index (χ2n) is 5.19. The molecule has 1 aliphatic rings. The number of piperidine rings is 1. The first-order valence-corrected chi connectivity index (χ1v) is 7.84. The van der Waals surface area contributed by atoms with E-state index in [0.29, 0.717) is 38.8 Å². The number of aliphatic hydroxyl groups excluding tert-OH is 1. The second-order valence-corrected chi connectivity index (χ2v) is 6.30. The molecule has 3 rings (SSSR count). The van der Waals surface area contributed by atoms with E-state index in [2.05, 4.69) is 11.1 Å². The van der Waals surface area contributed by atoms with Gasteiger partial charge >= 0.3 is 0 Å². The molecule has 0 atom stereocenters. The number of fused-ring (bicyclic) bond motifs is 1. The summed E-state index contributed by atoms with van der Waals surface area (Å²) in [5, 5.41) is 10.5. The van der Waals surface area contributed by atoms with Crippen LogP contribution in [0, 0.1) is 0 Å². The number of hydrogen-bond acceptors (Lipinski definition) is 4. The van der Waals surface area contributed by atoms with Crippen LogP contribution in [0.2, 0.25) is 0 Å². The molecule has 1 N–H and O–H groups in total. The molecule has 2 heterocycles. The maximum atomic E-state index is 12.1. The molecule has 1 saturated heterocycles. The fraction of sp³-hybridized carbons (Fsp3) is 0.467. The molecule has 1 fully saturated rings. The minimum Gasteiger partial charge on any atom is -0.393 e. The van der Waals surface area contributed by atoms with Crippen LogP contribution < -0.4 is 0 Å². The number of rotatable bonds is 3. The first-order valence-electron chi connectivity index (χ1n) is 7.02. The predicted octanol–water partition coefficient (Wildman–Crippen LogP) is 2.21. The van der Waals surface area contributed by atoms with Crippen molar-refractivity contribution in [2.75, 3.05) is 13.1 Å². The first-order chi connectivity index (χ1) is 9.72. The van der Waals surface area contributed by atoms with Crippen molar-refractivity contribution in [1.82, 2.24) is 9.88 Å². The van der Waals surface area contributed by atoms with Gasteiger partial charge in [-0.15, -0.1) is 11.3 Å². The van der Waals surface area contributed by atoms with Crippen molar-refractivity contribution in [3.8, 4) is 0 Å². The molecule has 1 aromatic heterocycles. The van der Waals surface area contributed by atoms with Gasteiger partial charge in [0.1, 0.15) is 0 Å².